The predicted molar refractivity (Wildman–Crippen MR) is 92.8 cm³/mol. The maximum atomic E-state index is 13.8. The summed E-state index contributed by atoms with van der Waals surface area (Å²) in [7, 11) is 1.39. The van der Waals surface area contributed by atoms with Gasteiger partial charge in [-0.25, -0.2) is 4.39 Å². The predicted octanol–water partition coefficient (Wildman–Crippen LogP) is 3.49. The second kappa shape index (κ2) is 7.38. The molecule has 1 amide bonds. The van der Waals surface area contributed by atoms with Crippen LogP contribution in [0.5, 0.6) is 5.75 Å². The first-order valence-electron chi connectivity index (χ1n) is 8.18. The number of anilines is 1. The molecule has 0 atom stereocenters. The van der Waals surface area contributed by atoms with E-state index >= 15 is 0 Å². The number of hydrogen-bond acceptors (Lipinski definition) is 4. The average Bonchev–Trinajstić information content (AvgIpc) is 3.05. The number of ether oxygens (including phenoxy) is 1. The van der Waals surface area contributed by atoms with Gasteiger partial charge in [0, 0.05) is 29.2 Å². The molecule has 132 valence electrons. The lowest BCUT2D eigenvalue weighted by molar-refractivity contribution is 0.102. The van der Waals surface area contributed by atoms with Gasteiger partial charge in [0.2, 0.25) is 0 Å². The number of carbonyl (C=O) groups is 1. The Morgan fingerprint density at radius 2 is 2.24 bits per heavy atom. The van der Waals surface area contributed by atoms with Gasteiger partial charge in [-0.05, 0) is 38.3 Å². The number of carbonyl (C=O) groups excluding carboxylic acids is 1. The van der Waals surface area contributed by atoms with Crippen LogP contribution in [0.4, 0.5) is 10.1 Å². The van der Waals surface area contributed by atoms with Crippen LogP contribution in [0.2, 0.25) is 0 Å². The van der Waals surface area contributed by atoms with Gasteiger partial charge >= 0.3 is 0 Å². The van der Waals surface area contributed by atoms with Crippen molar-refractivity contribution < 1.29 is 18.8 Å². The van der Waals surface area contributed by atoms with Gasteiger partial charge in [-0.2, -0.15) is 0 Å². The second-order valence-corrected chi connectivity index (χ2v) is 5.67. The van der Waals surface area contributed by atoms with Gasteiger partial charge in [0.05, 0.1) is 18.4 Å². The molecule has 0 saturated carbocycles. The Labute approximate surface area is 145 Å². The normalized spacial score (nSPS) is 14.9. The number of amides is 1. The monoisotopic (exact) mass is 345 g/mol. The van der Waals surface area contributed by atoms with Crippen molar-refractivity contribution in [1.29, 1.82) is 0 Å². The van der Waals surface area contributed by atoms with Crippen LogP contribution in [0, 0.1) is 5.82 Å². The lowest BCUT2D eigenvalue weighted by Gasteiger charge is -2.15. The number of rotatable bonds is 5. The van der Waals surface area contributed by atoms with Gasteiger partial charge in [-0.15, -0.1) is 0 Å². The van der Waals surface area contributed by atoms with Crippen molar-refractivity contribution >= 4 is 17.3 Å². The molecule has 6 nitrogen and oxygen atoms in total. The number of methoxy groups -OCH3 is 1. The van der Waals surface area contributed by atoms with Crippen molar-refractivity contribution in [3.63, 3.8) is 0 Å². The Kier molecular flexibility index (Phi) is 5.02. The zero-order valence-corrected chi connectivity index (χ0v) is 14.2. The minimum Gasteiger partial charge on any atom is -0.494 e. The fourth-order valence-electron chi connectivity index (χ4n) is 2.91. The first kappa shape index (κ1) is 17.0. The number of halogens is 1. The zero-order chi connectivity index (χ0) is 17.8. The Morgan fingerprint density at radius 3 is 2.96 bits per heavy atom. The van der Waals surface area contributed by atoms with E-state index in [-0.39, 0.29) is 11.7 Å². The molecule has 0 radical (unpaired) electrons. The summed E-state index contributed by atoms with van der Waals surface area (Å²) in [6, 6.07) is 4.29. The molecule has 1 aromatic heterocycles. The van der Waals surface area contributed by atoms with Crippen LogP contribution < -0.4 is 10.1 Å². The number of oxime groups is 1. The summed E-state index contributed by atoms with van der Waals surface area (Å²) < 4.78 is 18.7. The Morgan fingerprint density at radius 1 is 1.40 bits per heavy atom. The molecule has 0 fully saturated rings. The third-order valence-corrected chi connectivity index (χ3v) is 4.05. The smallest absolute Gasteiger partial charge is 0.257 e. The average molecular weight is 345 g/mol. The van der Waals surface area contributed by atoms with E-state index in [4.69, 9.17) is 9.57 Å². The van der Waals surface area contributed by atoms with Crippen molar-refractivity contribution in [3.05, 3.63) is 47.0 Å². The number of nitrogens with zero attached hydrogens (tertiary/aromatic N) is 1. The number of benzene rings is 1. The zero-order valence-electron chi connectivity index (χ0n) is 14.2. The van der Waals surface area contributed by atoms with Crippen LogP contribution >= 0.6 is 0 Å². The van der Waals surface area contributed by atoms with E-state index in [1.807, 2.05) is 6.92 Å². The van der Waals surface area contributed by atoms with Gasteiger partial charge in [0.1, 0.15) is 6.61 Å². The molecule has 2 N–H and O–H groups in total. The van der Waals surface area contributed by atoms with Crippen LogP contribution in [-0.2, 0) is 11.3 Å². The second-order valence-electron chi connectivity index (χ2n) is 5.67. The van der Waals surface area contributed by atoms with Gasteiger partial charge < -0.3 is 19.9 Å². The number of H-pyrrole nitrogens is 1. The fraction of sp³-hybridized carbons (Fsp3) is 0.333. The molecular weight excluding hydrogens is 325 g/mol. The molecule has 0 aliphatic heterocycles. The van der Waals surface area contributed by atoms with Crippen LogP contribution in [0.3, 0.4) is 0 Å². The maximum Gasteiger partial charge on any atom is 0.257 e. The topological polar surface area (TPSA) is 75.7 Å². The Hall–Kier alpha value is -2.83. The minimum atomic E-state index is -0.532. The number of aromatic nitrogens is 1. The number of fused-ring (bicyclic) bond motifs is 1. The van der Waals surface area contributed by atoms with E-state index in [0.717, 1.165) is 36.2 Å². The summed E-state index contributed by atoms with van der Waals surface area (Å²) in [5.41, 5.74) is 3.35. The summed E-state index contributed by atoms with van der Waals surface area (Å²) in [4.78, 5) is 21.0. The molecule has 7 heteroatoms. The van der Waals surface area contributed by atoms with Gasteiger partial charge in [0.25, 0.3) is 5.91 Å². The molecule has 1 aliphatic rings. The minimum absolute atomic E-state index is 0.128. The molecule has 0 saturated heterocycles. The molecule has 2 aromatic rings. The molecule has 0 unspecified atom stereocenters. The van der Waals surface area contributed by atoms with Crippen molar-refractivity contribution in [2.24, 2.45) is 5.16 Å². The first-order chi connectivity index (χ1) is 12.1. The SMILES string of the molecule is CCON=C1CCCc2[nH]cc(C(=O)Nc3ccc(OC)c(F)c3)c21. The summed E-state index contributed by atoms with van der Waals surface area (Å²) in [6.45, 7) is 2.33. The number of aromatic amines is 1. The number of nitrogens with one attached hydrogen (secondary N) is 2. The largest absolute Gasteiger partial charge is 0.494 e. The van der Waals surface area contributed by atoms with Crippen LogP contribution in [0.25, 0.3) is 0 Å². The highest BCUT2D eigenvalue weighted by Gasteiger charge is 2.25. The summed E-state index contributed by atoms with van der Waals surface area (Å²) in [6.07, 6.45) is 4.21. The Balaban J connectivity index is 1.86. The molecule has 0 spiro atoms. The first-order valence-corrected chi connectivity index (χ1v) is 8.18. The lowest BCUT2D eigenvalue weighted by atomic mass is 9.93. The van der Waals surface area contributed by atoms with E-state index in [1.54, 1.807) is 12.3 Å². The van der Waals surface area contributed by atoms with Crippen molar-refractivity contribution in [2.45, 2.75) is 26.2 Å². The van der Waals surface area contributed by atoms with E-state index < -0.39 is 5.82 Å². The third kappa shape index (κ3) is 3.50. The van der Waals surface area contributed by atoms with E-state index in [2.05, 4.69) is 15.5 Å². The molecule has 1 aromatic carbocycles. The molecule has 3 rings (SSSR count). The van der Waals surface area contributed by atoms with E-state index in [0.29, 0.717) is 17.9 Å². The highest BCUT2D eigenvalue weighted by atomic mass is 19.1. The van der Waals surface area contributed by atoms with Crippen LogP contribution in [-0.4, -0.2) is 30.3 Å². The van der Waals surface area contributed by atoms with Crippen LogP contribution in [0.15, 0.2) is 29.6 Å². The molecule has 0 bridgehead atoms. The molecular formula is C18H20FN3O3. The quantitative estimate of drug-likeness (QED) is 0.815. The molecule has 1 aliphatic carbocycles. The van der Waals surface area contributed by atoms with Crippen molar-refractivity contribution in [2.75, 3.05) is 19.0 Å². The third-order valence-electron chi connectivity index (χ3n) is 4.05. The van der Waals surface area contributed by atoms with Crippen molar-refractivity contribution in [1.82, 2.24) is 4.98 Å². The summed E-state index contributed by atoms with van der Waals surface area (Å²) >= 11 is 0. The summed E-state index contributed by atoms with van der Waals surface area (Å²) in [5, 5.41) is 6.86. The standard InChI is InChI=1S/C18H20FN3O3/c1-3-25-22-15-6-4-5-14-17(15)12(10-20-14)18(23)21-11-7-8-16(24-2)13(19)9-11/h7-10,20H,3-6H2,1-2H3,(H,21,23). The van der Waals surface area contributed by atoms with Gasteiger partial charge in [-0.1, -0.05) is 5.16 Å². The highest BCUT2D eigenvalue weighted by molar-refractivity contribution is 6.15. The van der Waals surface area contributed by atoms with Crippen LogP contribution in [0.1, 0.15) is 41.4 Å². The molecule has 1 heterocycles. The molecule has 25 heavy (non-hydrogen) atoms. The highest BCUT2D eigenvalue weighted by Crippen LogP contribution is 2.26. The number of hydrogen-bond donors (Lipinski definition) is 2. The van der Waals surface area contributed by atoms with Gasteiger partial charge in [0.15, 0.2) is 11.6 Å². The number of aryl methyl sites for hydroxylation is 1. The fourth-order valence-corrected chi connectivity index (χ4v) is 2.91. The Bertz CT molecular complexity index is 814. The van der Waals surface area contributed by atoms with Crippen molar-refractivity contribution in [3.8, 4) is 5.75 Å². The summed E-state index contributed by atoms with van der Waals surface area (Å²) in [5.74, 6) is -0.730. The van der Waals surface area contributed by atoms with E-state index in [1.165, 1.54) is 19.2 Å². The lowest BCUT2D eigenvalue weighted by Crippen LogP contribution is -2.19. The van der Waals surface area contributed by atoms with Gasteiger partial charge in [-0.3, -0.25) is 4.79 Å². The maximum absolute atomic E-state index is 13.8. The van der Waals surface area contributed by atoms with E-state index in [9.17, 15) is 9.18 Å².